The number of nitrogens with zero attached hydrogens (tertiary/aromatic N) is 1. The summed E-state index contributed by atoms with van der Waals surface area (Å²) < 4.78 is 29.6. The molecule has 0 atom stereocenters. The third-order valence-electron chi connectivity index (χ3n) is 3.54. The fourth-order valence-electron chi connectivity index (χ4n) is 2.33. The molecule has 0 radical (unpaired) electrons. The van der Waals surface area contributed by atoms with Crippen molar-refractivity contribution in [3.63, 3.8) is 0 Å². The maximum atomic E-state index is 11.9. The van der Waals surface area contributed by atoms with Crippen molar-refractivity contribution in [1.82, 2.24) is 9.62 Å². The molecule has 23 heavy (non-hydrogen) atoms. The molecule has 0 spiro atoms. The number of rotatable bonds is 5. The van der Waals surface area contributed by atoms with Gasteiger partial charge in [0.05, 0.1) is 11.3 Å². The molecular weight excluding hydrogens is 363 g/mol. The molecule has 1 fully saturated rings. The molecule has 1 N–H and O–H groups in total. The molecule has 0 saturated carbocycles. The fraction of sp³-hybridized carbons (Fsp3) is 0.500. The van der Waals surface area contributed by atoms with Gasteiger partial charge in [0, 0.05) is 30.2 Å². The van der Waals surface area contributed by atoms with Crippen molar-refractivity contribution in [3.05, 3.63) is 28.2 Å². The Hall–Kier alpha value is -1.02. The molecule has 0 aliphatic carbocycles. The standard InChI is InChI=1S/C14H18Cl2N2O4S/c1-23(20,21)18-6-4-11(5-7-18)17-14(19)9-22-13-8-10(15)2-3-12(13)16/h2-3,8,11H,4-7,9H2,1H3,(H,17,19). The molecule has 1 aliphatic heterocycles. The quantitative estimate of drug-likeness (QED) is 0.846. The second-order valence-electron chi connectivity index (χ2n) is 5.37. The van der Waals surface area contributed by atoms with E-state index in [0.29, 0.717) is 41.7 Å². The number of halogens is 2. The zero-order chi connectivity index (χ0) is 17.0. The molecule has 0 aromatic heterocycles. The number of piperidine rings is 1. The van der Waals surface area contributed by atoms with Gasteiger partial charge in [0.1, 0.15) is 5.75 Å². The highest BCUT2D eigenvalue weighted by molar-refractivity contribution is 7.88. The lowest BCUT2D eigenvalue weighted by Gasteiger charge is -2.30. The average molecular weight is 381 g/mol. The number of nitrogens with one attached hydrogen (secondary N) is 1. The third kappa shape index (κ3) is 5.53. The van der Waals surface area contributed by atoms with Gasteiger partial charge in [0.15, 0.2) is 6.61 Å². The van der Waals surface area contributed by atoms with Crippen molar-refractivity contribution in [2.75, 3.05) is 26.0 Å². The Balaban J connectivity index is 1.79. The minimum atomic E-state index is -3.16. The molecule has 9 heteroatoms. The first-order valence-electron chi connectivity index (χ1n) is 7.08. The first-order valence-corrected chi connectivity index (χ1v) is 9.68. The van der Waals surface area contributed by atoms with E-state index >= 15 is 0 Å². The molecule has 1 aromatic rings. The number of hydrogen-bond donors (Lipinski definition) is 1. The Bertz CT molecular complexity index is 673. The summed E-state index contributed by atoms with van der Waals surface area (Å²) >= 11 is 11.8. The van der Waals surface area contributed by atoms with Crippen molar-refractivity contribution in [2.45, 2.75) is 18.9 Å². The molecule has 1 heterocycles. The molecule has 1 amide bonds. The van der Waals surface area contributed by atoms with Crippen LogP contribution in [0, 0.1) is 0 Å². The zero-order valence-electron chi connectivity index (χ0n) is 12.6. The van der Waals surface area contributed by atoms with Gasteiger partial charge in [0.2, 0.25) is 10.0 Å². The van der Waals surface area contributed by atoms with Crippen LogP contribution in [0.25, 0.3) is 0 Å². The van der Waals surface area contributed by atoms with Gasteiger partial charge >= 0.3 is 0 Å². The normalized spacial score (nSPS) is 17.0. The maximum absolute atomic E-state index is 11.9. The number of hydrogen-bond acceptors (Lipinski definition) is 4. The topological polar surface area (TPSA) is 75.7 Å². The van der Waals surface area contributed by atoms with Crippen molar-refractivity contribution >= 4 is 39.1 Å². The molecule has 128 valence electrons. The Morgan fingerprint density at radius 2 is 2.00 bits per heavy atom. The van der Waals surface area contributed by atoms with Crippen LogP contribution < -0.4 is 10.1 Å². The van der Waals surface area contributed by atoms with E-state index in [4.69, 9.17) is 27.9 Å². The van der Waals surface area contributed by atoms with Crippen LogP contribution in [0.15, 0.2) is 18.2 Å². The molecule has 1 aliphatic rings. The molecule has 2 rings (SSSR count). The van der Waals surface area contributed by atoms with Gasteiger partial charge in [-0.1, -0.05) is 23.2 Å². The highest BCUT2D eigenvalue weighted by Gasteiger charge is 2.25. The van der Waals surface area contributed by atoms with Gasteiger partial charge in [-0.05, 0) is 25.0 Å². The van der Waals surface area contributed by atoms with Crippen molar-refractivity contribution in [3.8, 4) is 5.75 Å². The number of sulfonamides is 1. The van der Waals surface area contributed by atoms with Crippen molar-refractivity contribution in [1.29, 1.82) is 0 Å². The number of amides is 1. The molecular formula is C14H18Cl2N2O4S. The summed E-state index contributed by atoms with van der Waals surface area (Å²) in [6.07, 6.45) is 2.35. The maximum Gasteiger partial charge on any atom is 0.258 e. The van der Waals surface area contributed by atoms with E-state index < -0.39 is 10.0 Å². The summed E-state index contributed by atoms with van der Waals surface area (Å²) in [6, 6.07) is 4.71. The number of benzene rings is 1. The lowest BCUT2D eigenvalue weighted by molar-refractivity contribution is -0.124. The number of carbonyl (C=O) groups is 1. The summed E-state index contributed by atoms with van der Waals surface area (Å²) in [5.74, 6) is 0.0695. The predicted octanol–water partition coefficient (Wildman–Crippen LogP) is 1.91. The van der Waals surface area contributed by atoms with Gasteiger partial charge in [0.25, 0.3) is 5.91 Å². The predicted molar refractivity (Wildman–Crippen MR) is 89.5 cm³/mol. The van der Waals surface area contributed by atoms with Gasteiger partial charge in [-0.2, -0.15) is 0 Å². The summed E-state index contributed by atoms with van der Waals surface area (Å²) in [6.45, 7) is 0.641. The summed E-state index contributed by atoms with van der Waals surface area (Å²) in [5, 5.41) is 3.68. The largest absolute Gasteiger partial charge is 0.482 e. The van der Waals surface area contributed by atoms with E-state index in [1.54, 1.807) is 18.2 Å². The second kappa shape index (κ2) is 7.70. The Kier molecular flexibility index (Phi) is 6.13. The molecule has 0 bridgehead atoms. The highest BCUT2D eigenvalue weighted by atomic mass is 35.5. The van der Waals surface area contributed by atoms with E-state index in [0.717, 1.165) is 0 Å². The Labute approximate surface area is 145 Å². The van der Waals surface area contributed by atoms with Crippen LogP contribution in [0.4, 0.5) is 0 Å². The smallest absolute Gasteiger partial charge is 0.258 e. The minimum absolute atomic E-state index is 0.0565. The number of ether oxygens (including phenoxy) is 1. The van der Waals surface area contributed by atoms with E-state index in [1.807, 2.05) is 0 Å². The Morgan fingerprint density at radius 1 is 1.35 bits per heavy atom. The van der Waals surface area contributed by atoms with E-state index in [1.165, 1.54) is 10.6 Å². The van der Waals surface area contributed by atoms with E-state index in [2.05, 4.69) is 5.32 Å². The lowest BCUT2D eigenvalue weighted by Crippen LogP contribution is -2.47. The van der Waals surface area contributed by atoms with Crippen LogP contribution in [0.3, 0.4) is 0 Å². The van der Waals surface area contributed by atoms with Gasteiger partial charge in [-0.15, -0.1) is 0 Å². The van der Waals surface area contributed by atoms with Crippen LogP contribution in [0.2, 0.25) is 10.0 Å². The molecule has 1 aromatic carbocycles. The van der Waals surface area contributed by atoms with Gasteiger partial charge in [-0.25, -0.2) is 12.7 Å². The van der Waals surface area contributed by atoms with Crippen LogP contribution in [-0.4, -0.2) is 50.6 Å². The molecule has 0 unspecified atom stereocenters. The van der Waals surface area contributed by atoms with Gasteiger partial charge in [-0.3, -0.25) is 4.79 Å². The third-order valence-corrected chi connectivity index (χ3v) is 5.39. The van der Waals surface area contributed by atoms with Crippen molar-refractivity contribution < 1.29 is 17.9 Å². The highest BCUT2D eigenvalue weighted by Crippen LogP contribution is 2.27. The van der Waals surface area contributed by atoms with Crippen LogP contribution in [0.5, 0.6) is 5.75 Å². The monoisotopic (exact) mass is 380 g/mol. The van der Waals surface area contributed by atoms with Crippen LogP contribution in [0.1, 0.15) is 12.8 Å². The molecule has 6 nitrogen and oxygen atoms in total. The SMILES string of the molecule is CS(=O)(=O)N1CCC(NC(=O)COc2cc(Cl)ccc2Cl)CC1. The zero-order valence-corrected chi connectivity index (χ0v) is 14.9. The number of carbonyl (C=O) groups excluding carboxylic acids is 1. The van der Waals surface area contributed by atoms with Crippen LogP contribution in [-0.2, 0) is 14.8 Å². The minimum Gasteiger partial charge on any atom is -0.482 e. The van der Waals surface area contributed by atoms with Crippen molar-refractivity contribution in [2.24, 2.45) is 0 Å². The van der Waals surface area contributed by atoms with E-state index in [-0.39, 0.29) is 18.6 Å². The van der Waals surface area contributed by atoms with E-state index in [9.17, 15) is 13.2 Å². The second-order valence-corrected chi connectivity index (χ2v) is 8.19. The lowest BCUT2D eigenvalue weighted by atomic mass is 10.1. The Morgan fingerprint density at radius 3 is 2.61 bits per heavy atom. The first kappa shape index (κ1) is 18.3. The first-order chi connectivity index (χ1) is 10.8. The summed E-state index contributed by atoms with van der Waals surface area (Å²) in [5.41, 5.74) is 0. The molecule has 1 saturated heterocycles. The fourth-order valence-corrected chi connectivity index (χ4v) is 3.54. The van der Waals surface area contributed by atoms with Gasteiger partial charge < -0.3 is 10.1 Å². The van der Waals surface area contributed by atoms with Crippen LogP contribution >= 0.6 is 23.2 Å². The average Bonchev–Trinajstić information content (AvgIpc) is 2.48. The summed E-state index contributed by atoms with van der Waals surface area (Å²) in [7, 11) is -3.16. The summed E-state index contributed by atoms with van der Waals surface area (Å²) in [4.78, 5) is 11.9.